The molecule has 1 aliphatic heterocycles. The molecule has 3 aromatic carbocycles. The van der Waals surface area contributed by atoms with E-state index in [4.69, 9.17) is 0 Å². The van der Waals surface area contributed by atoms with Crippen LogP contribution in [0.25, 0.3) is 5.76 Å². The lowest BCUT2D eigenvalue weighted by atomic mass is 9.95. The minimum Gasteiger partial charge on any atom is -0.507 e. The Bertz CT molecular complexity index is 1110. The topological polar surface area (TPSA) is 57.6 Å². The second-order valence-electron chi connectivity index (χ2n) is 6.56. The second kappa shape index (κ2) is 7.31. The number of nitrogens with zero attached hydrogens (tertiary/aromatic N) is 1. The van der Waals surface area contributed by atoms with E-state index in [9.17, 15) is 23.5 Å². The number of ketones is 1. The number of aliphatic hydroxyl groups is 1. The van der Waals surface area contributed by atoms with Crippen LogP contribution < -0.4 is 4.90 Å². The Morgan fingerprint density at radius 2 is 1.34 bits per heavy atom. The molecule has 0 aliphatic carbocycles. The number of para-hydroxylation sites is 1. The molecule has 0 bridgehead atoms. The quantitative estimate of drug-likeness (QED) is 0.404. The van der Waals surface area contributed by atoms with E-state index in [2.05, 4.69) is 0 Å². The third kappa shape index (κ3) is 3.29. The lowest BCUT2D eigenvalue weighted by molar-refractivity contribution is -0.132. The van der Waals surface area contributed by atoms with Crippen molar-refractivity contribution < 1.29 is 23.5 Å². The normalized spacial score (nSPS) is 18.3. The number of halogens is 2. The first kappa shape index (κ1) is 18.6. The van der Waals surface area contributed by atoms with Gasteiger partial charge in [-0.1, -0.05) is 30.3 Å². The first-order valence-electron chi connectivity index (χ1n) is 8.85. The van der Waals surface area contributed by atoms with Gasteiger partial charge in [0.1, 0.15) is 17.4 Å². The van der Waals surface area contributed by atoms with E-state index in [1.54, 1.807) is 30.3 Å². The number of hydrogen-bond donors (Lipinski definition) is 1. The monoisotopic (exact) mass is 391 g/mol. The van der Waals surface area contributed by atoms with Gasteiger partial charge in [-0.15, -0.1) is 0 Å². The minimum absolute atomic E-state index is 0.142. The molecule has 0 aromatic heterocycles. The zero-order valence-electron chi connectivity index (χ0n) is 15.0. The summed E-state index contributed by atoms with van der Waals surface area (Å²) in [7, 11) is 0. The molecule has 1 amide bonds. The Hall–Kier alpha value is -3.80. The van der Waals surface area contributed by atoms with Gasteiger partial charge in [-0.2, -0.15) is 0 Å². The number of benzene rings is 3. The summed E-state index contributed by atoms with van der Waals surface area (Å²) in [5.41, 5.74) is 0.974. The van der Waals surface area contributed by atoms with Crippen molar-refractivity contribution in [3.63, 3.8) is 0 Å². The van der Waals surface area contributed by atoms with E-state index in [0.717, 1.165) is 12.1 Å². The molecule has 0 unspecified atom stereocenters. The van der Waals surface area contributed by atoms with Gasteiger partial charge in [-0.25, -0.2) is 8.78 Å². The van der Waals surface area contributed by atoms with Crippen LogP contribution in [0.15, 0.2) is 84.4 Å². The highest BCUT2D eigenvalue weighted by Crippen LogP contribution is 2.42. The Balaban J connectivity index is 1.94. The predicted molar refractivity (Wildman–Crippen MR) is 104 cm³/mol. The molecule has 0 radical (unpaired) electrons. The summed E-state index contributed by atoms with van der Waals surface area (Å²) in [6, 6.07) is 17.9. The van der Waals surface area contributed by atoms with Gasteiger partial charge in [0, 0.05) is 11.3 Å². The van der Waals surface area contributed by atoms with Crippen molar-refractivity contribution in [3.8, 4) is 0 Å². The van der Waals surface area contributed by atoms with Gasteiger partial charge in [0.2, 0.25) is 0 Å². The molecule has 1 heterocycles. The van der Waals surface area contributed by atoms with Crippen molar-refractivity contribution in [3.05, 3.63) is 107 Å². The van der Waals surface area contributed by atoms with Crippen LogP contribution >= 0.6 is 0 Å². The third-order valence-corrected chi connectivity index (χ3v) is 4.78. The lowest BCUT2D eigenvalue weighted by Gasteiger charge is -2.25. The molecule has 6 heteroatoms. The van der Waals surface area contributed by atoms with Crippen LogP contribution in [-0.2, 0) is 9.59 Å². The summed E-state index contributed by atoms with van der Waals surface area (Å²) in [4.78, 5) is 27.0. The van der Waals surface area contributed by atoms with Gasteiger partial charge in [0.05, 0.1) is 11.6 Å². The van der Waals surface area contributed by atoms with Crippen LogP contribution in [0.2, 0.25) is 0 Å². The highest BCUT2D eigenvalue weighted by atomic mass is 19.1. The van der Waals surface area contributed by atoms with Crippen molar-refractivity contribution in [1.29, 1.82) is 0 Å². The minimum atomic E-state index is -0.956. The van der Waals surface area contributed by atoms with Crippen LogP contribution in [0.3, 0.4) is 0 Å². The molecule has 29 heavy (non-hydrogen) atoms. The summed E-state index contributed by atoms with van der Waals surface area (Å²) < 4.78 is 26.7. The molecule has 0 saturated carbocycles. The molecule has 3 aromatic rings. The molecule has 1 saturated heterocycles. The van der Waals surface area contributed by atoms with Gasteiger partial charge in [0.15, 0.2) is 0 Å². The fraction of sp³-hybridized carbons (Fsp3) is 0.0435. The molecule has 1 fully saturated rings. The third-order valence-electron chi connectivity index (χ3n) is 4.78. The Kier molecular flexibility index (Phi) is 4.68. The van der Waals surface area contributed by atoms with Crippen LogP contribution in [0.5, 0.6) is 0 Å². The van der Waals surface area contributed by atoms with Gasteiger partial charge in [0.25, 0.3) is 11.7 Å². The fourth-order valence-electron chi connectivity index (χ4n) is 3.41. The van der Waals surface area contributed by atoms with Crippen LogP contribution in [0.4, 0.5) is 14.5 Å². The first-order valence-corrected chi connectivity index (χ1v) is 8.85. The van der Waals surface area contributed by atoms with Gasteiger partial charge in [-0.3, -0.25) is 14.5 Å². The summed E-state index contributed by atoms with van der Waals surface area (Å²) in [6.45, 7) is 0. The number of hydrogen-bond acceptors (Lipinski definition) is 3. The maximum atomic E-state index is 13.5. The molecule has 4 rings (SSSR count). The number of anilines is 1. The van der Waals surface area contributed by atoms with Crippen molar-refractivity contribution >= 4 is 23.1 Å². The Morgan fingerprint density at radius 3 is 1.93 bits per heavy atom. The maximum Gasteiger partial charge on any atom is 0.300 e. The zero-order valence-corrected chi connectivity index (χ0v) is 15.0. The van der Waals surface area contributed by atoms with Gasteiger partial charge < -0.3 is 5.11 Å². The van der Waals surface area contributed by atoms with E-state index in [1.807, 2.05) is 0 Å². The number of carbonyl (C=O) groups excluding carboxylic acids is 2. The fourth-order valence-corrected chi connectivity index (χ4v) is 3.41. The zero-order chi connectivity index (χ0) is 20.5. The average molecular weight is 391 g/mol. The number of amides is 1. The lowest BCUT2D eigenvalue weighted by Crippen LogP contribution is -2.29. The molecule has 144 valence electrons. The number of aliphatic hydroxyl groups excluding tert-OH is 1. The van der Waals surface area contributed by atoms with Crippen LogP contribution in [0.1, 0.15) is 17.2 Å². The van der Waals surface area contributed by atoms with E-state index in [-0.39, 0.29) is 11.1 Å². The highest BCUT2D eigenvalue weighted by molar-refractivity contribution is 6.51. The molecule has 1 N–H and O–H groups in total. The standard InChI is InChI=1S/C23H15F2NO3/c24-16-10-6-14(7-11-16)20-19(21(27)15-8-12-17(25)13-9-15)22(28)23(29)26(20)18-4-2-1-3-5-18/h1-13,20,27H/b21-19+/t20-/m0/s1. The maximum absolute atomic E-state index is 13.5. The number of carbonyl (C=O) groups is 2. The van der Waals surface area contributed by atoms with Crippen LogP contribution in [0, 0.1) is 11.6 Å². The smallest absolute Gasteiger partial charge is 0.300 e. The molecular formula is C23H15F2NO3. The van der Waals surface area contributed by atoms with E-state index >= 15 is 0 Å². The Morgan fingerprint density at radius 1 is 0.793 bits per heavy atom. The highest BCUT2D eigenvalue weighted by Gasteiger charge is 2.46. The van der Waals surface area contributed by atoms with Gasteiger partial charge >= 0.3 is 0 Å². The second-order valence-corrected chi connectivity index (χ2v) is 6.56. The first-order chi connectivity index (χ1) is 14.0. The molecule has 0 spiro atoms. The molecular weight excluding hydrogens is 376 g/mol. The number of rotatable bonds is 3. The van der Waals surface area contributed by atoms with E-state index in [1.165, 1.54) is 41.3 Å². The Labute approximate surface area is 165 Å². The molecule has 1 aliphatic rings. The summed E-state index contributed by atoms with van der Waals surface area (Å²) in [5.74, 6) is -3.07. The van der Waals surface area contributed by atoms with Crippen molar-refractivity contribution in [1.82, 2.24) is 0 Å². The largest absolute Gasteiger partial charge is 0.507 e. The average Bonchev–Trinajstić information content (AvgIpc) is 3.00. The van der Waals surface area contributed by atoms with Crippen molar-refractivity contribution in [2.24, 2.45) is 0 Å². The molecule has 1 atom stereocenters. The predicted octanol–water partition coefficient (Wildman–Crippen LogP) is 4.59. The van der Waals surface area contributed by atoms with Crippen molar-refractivity contribution in [2.75, 3.05) is 4.90 Å². The summed E-state index contributed by atoms with van der Waals surface area (Å²) >= 11 is 0. The number of Topliss-reactive ketones (excluding diaryl/α,β-unsaturated/α-hetero) is 1. The van der Waals surface area contributed by atoms with Gasteiger partial charge in [-0.05, 0) is 54.1 Å². The summed E-state index contributed by atoms with van der Waals surface area (Å²) in [6.07, 6.45) is 0. The van der Waals surface area contributed by atoms with Crippen molar-refractivity contribution in [2.45, 2.75) is 6.04 Å². The van der Waals surface area contributed by atoms with Crippen LogP contribution in [-0.4, -0.2) is 16.8 Å². The molecule has 4 nitrogen and oxygen atoms in total. The van der Waals surface area contributed by atoms with E-state index < -0.39 is 35.1 Å². The SMILES string of the molecule is O=C1C(=O)N(c2ccccc2)[C@@H](c2ccc(F)cc2)/C1=C(\O)c1ccc(F)cc1. The summed E-state index contributed by atoms with van der Waals surface area (Å²) in [5, 5.41) is 10.8. The van der Waals surface area contributed by atoms with E-state index in [0.29, 0.717) is 11.3 Å².